The number of carbonyl (C=O) groups excluding carboxylic acids is 3. The summed E-state index contributed by atoms with van der Waals surface area (Å²) in [6.45, 7) is 2.58. The molecule has 1 atom stereocenters. The van der Waals surface area contributed by atoms with Crippen molar-refractivity contribution in [2.45, 2.75) is 50.7 Å². The summed E-state index contributed by atoms with van der Waals surface area (Å²) in [4.78, 5) is 44.9. The van der Waals surface area contributed by atoms with Crippen molar-refractivity contribution >= 4 is 29.2 Å². The lowest BCUT2D eigenvalue weighted by atomic mass is 9.87. The highest BCUT2D eigenvalue weighted by atomic mass is 19.1. The first-order chi connectivity index (χ1) is 19.0. The van der Waals surface area contributed by atoms with E-state index in [1.807, 2.05) is 42.5 Å². The van der Waals surface area contributed by atoms with Gasteiger partial charge < -0.3 is 10.2 Å². The molecule has 0 bridgehead atoms. The van der Waals surface area contributed by atoms with Gasteiger partial charge in [0.25, 0.3) is 5.91 Å². The van der Waals surface area contributed by atoms with Gasteiger partial charge in [0.05, 0.1) is 0 Å². The first-order valence-electron chi connectivity index (χ1n) is 13.4. The molecule has 3 amide bonds. The van der Waals surface area contributed by atoms with E-state index in [-0.39, 0.29) is 29.9 Å². The van der Waals surface area contributed by atoms with Crippen LogP contribution in [-0.2, 0) is 22.7 Å². The lowest BCUT2D eigenvalue weighted by molar-refractivity contribution is -0.136. The Morgan fingerprint density at radius 3 is 2.56 bits per heavy atom. The number of piperidine rings is 2. The van der Waals surface area contributed by atoms with E-state index in [1.54, 1.807) is 17.2 Å². The van der Waals surface area contributed by atoms with Gasteiger partial charge in [0.2, 0.25) is 11.8 Å². The summed E-state index contributed by atoms with van der Waals surface area (Å²) in [7, 11) is 0. The van der Waals surface area contributed by atoms with Crippen LogP contribution in [0.1, 0.15) is 58.6 Å². The fraction of sp³-hybridized carbons (Fsp3) is 0.333. The van der Waals surface area contributed by atoms with Gasteiger partial charge in [-0.05, 0) is 73.7 Å². The molecule has 1 unspecified atom stereocenters. The predicted molar refractivity (Wildman–Crippen MR) is 144 cm³/mol. The number of nitrogens with one attached hydrogen (secondary N) is 2. The number of likely N-dealkylation sites (tertiary alicyclic amines) is 1. The Labute approximate surface area is 226 Å². The molecule has 3 aliphatic heterocycles. The Morgan fingerprint density at radius 2 is 1.79 bits per heavy atom. The molecule has 0 aliphatic carbocycles. The highest BCUT2D eigenvalue weighted by molar-refractivity contribution is 6.05. The van der Waals surface area contributed by atoms with Gasteiger partial charge in [-0.15, -0.1) is 0 Å². The maximum absolute atomic E-state index is 15.2. The average molecular weight is 528 g/mol. The number of pyridine rings is 1. The summed E-state index contributed by atoms with van der Waals surface area (Å²) >= 11 is 0. The molecule has 0 radical (unpaired) electrons. The lowest BCUT2D eigenvalue weighted by Crippen LogP contribution is -2.52. The largest absolute Gasteiger partial charge is 0.338 e. The number of halogens is 1. The van der Waals surface area contributed by atoms with Crippen molar-refractivity contribution in [2.75, 3.05) is 18.4 Å². The maximum Gasteiger partial charge on any atom is 0.255 e. The molecule has 8 nitrogen and oxygen atoms in total. The number of para-hydroxylation sites is 1. The molecule has 0 spiro atoms. The number of benzene rings is 2. The maximum atomic E-state index is 15.2. The Bertz CT molecular complexity index is 1420. The monoisotopic (exact) mass is 527 g/mol. The lowest BCUT2D eigenvalue weighted by Gasteiger charge is -2.32. The summed E-state index contributed by atoms with van der Waals surface area (Å²) in [6.07, 6.45) is 4.11. The zero-order valence-electron chi connectivity index (χ0n) is 21.5. The SMILES string of the molecule is O=C1CCC(N2Cc3cc(C4CCN(Cc5ccnc(Nc6ccccc6)c5F)CC4)ccc3C2=O)C(=O)N1. The molecular formula is C30H30FN5O3. The third kappa shape index (κ3) is 5.14. The number of anilines is 2. The minimum absolute atomic E-state index is 0.152. The third-order valence-electron chi connectivity index (χ3n) is 8.01. The average Bonchev–Trinajstić information content (AvgIpc) is 3.27. The van der Waals surface area contributed by atoms with Crippen LogP contribution in [0.25, 0.3) is 0 Å². The van der Waals surface area contributed by atoms with Gasteiger partial charge in [0.1, 0.15) is 6.04 Å². The fourth-order valence-corrected chi connectivity index (χ4v) is 5.86. The zero-order chi connectivity index (χ0) is 26.9. The Hall–Kier alpha value is -4.11. The van der Waals surface area contributed by atoms with Crippen LogP contribution in [0, 0.1) is 5.82 Å². The second-order valence-corrected chi connectivity index (χ2v) is 10.5. The van der Waals surface area contributed by atoms with Crippen LogP contribution < -0.4 is 10.6 Å². The fourth-order valence-electron chi connectivity index (χ4n) is 5.86. The molecule has 4 heterocycles. The molecular weight excluding hydrogens is 497 g/mol. The molecule has 6 rings (SSSR count). The number of rotatable bonds is 6. The van der Waals surface area contributed by atoms with Crippen LogP contribution in [0.3, 0.4) is 0 Å². The number of aromatic nitrogens is 1. The van der Waals surface area contributed by atoms with E-state index in [0.29, 0.717) is 36.6 Å². The molecule has 3 aromatic rings. The standard InChI is InChI=1S/C30H30FN5O3/c31-27-21(10-13-32-28(27)33-23-4-2-1-3-5-23)17-35-14-11-19(12-15-35)20-6-7-24-22(16-20)18-36(30(24)39)25-8-9-26(37)34-29(25)38/h1-7,10,13,16,19,25H,8-9,11-12,14-15,17-18H2,(H,32,33)(H,34,37,38). The molecule has 2 aromatic carbocycles. The smallest absolute Gasteiger partial charge is 0.255 e. The van der Waals surface area contributed by atoms with E-state index in [4.69, 9.17) is 0 Å². The van der Waals surface area contributed by atoms with Crippen LogP contribution in [0.15, 0.2) is 60.8 Å². The number of imide groups is 1. The minimum atomic E-state index is -0.605. The number of fused-ring (bicyclic) bond motifs is 1. The zero-order valence-corrected chi connectivity index (χ0v) is 21.5. The van der Waals surface area contributed by atoms with Crippen molar-refractivity contribution in [1.82, 2.24) is 20.1 Å². The summed E-state index contributed by atoms with van der Waals surface area (Å²) in [6, 6.07) is 16.6. The topological polar surface area (TPSA) is 94.6 Å². The summed E-state index contributed by atoms with van der Waals surface area (Å²) in [5, 5.41) is 5.41. The van der Waals surface area contributed by atoms with Crippen molar-refractivity contribution in [2.24, 2.45) is 0 Å². The van der Waals surface area contributed by atoms with Crippen molar-refractivity contribution in [3.63, 3.8) is 0 Å². The Kier molecular flexibility index (Phi) is 6.83. The van der Waals surface area contributed by atoms with E-state index in [1.165, 1.54) is 5.56 Å². The van der Waals surface area contributed by atoms with E-state index >= 15 is 4.39 Å². The van der Waals surface area contributed by atoms with Gasteiger partial charge in [0.15, 0.2) is 11.6 Å². The van der Waals surface area contributed by atoms with E-state index in [0.717, 1.165) is 37.2 Å². The highest BCUT2D eigenvalue weighted by Crippen LogP contribution is 2.34. The van der Waals surface area contributed by atoms with Crippen molar-refractivity contribution in [1.29, 1.82) is 0 Å². The van der Waals surface area contributed by atoms with Crippen LogP contribution in [0.5, 0.6) is 0 Å². The quantitative estimate of drug-likeness (QED) is 0.469. The summed E-state index contributed by atoms with van der Waals surface area (Å²) < 4.78 is 15.2. The minimum Gasteiger partial charge on any atom is -0.338 e. The molecule has 3 aliphatic rings. The van der Waals surface area contributed by atoms with Gasteiger partial charge in [-0.25, -0.2) is 9.37 Å². The van der Waals surface area contributed by atoms with E-state index in [2.05, 4.69) is 26.6 Å². The first kappa shape index (κ1) is 25.2. The van der Waals surface area contributed by atoms with E-state index < -0.39 is 11.9 Å². The Morgan fingerprint density at radius 1 is 1.00 bits per heavy atom. The number of hydrogen-bond acceptors (Lipinski definition) is 6. The molecule has 200 valence electrons. The van der Waals surface area contributed by atoms with Gasteiger partial charge in [-0.3, -0.25) is 24.6 Å². The normalized spacial score (nSPS) is 20.2. The van der Waals surface area contributed by atoms with Crippen LogP contribution in [0.2, 0.25) is 0 Å². The molecule has 9 heteroatoms. The molecule has 2 fully saturated rings. The molecule has 0 saturated carbocycles. The molecule has 1 aromatic heterocycles. The van der Waals surface area contributed by atoms with Crippen molar-refractivity contribution < 1.29 is 18.8 Å². The van der Waals surface area contributed by atoms with Crippen LogP contribution in [0.4, 0.5) is 15.9 Å². The third-order valence-corrected chi connectivity index (χ3v) is 8.01. The highest BCUT2D eigenvalue weighted by Gasteiger charge is 2.39. The second kappa shape index (κ2) is 10.6. The number of amides is 3. The number of hydrogen-bond donors (Lipinski definition) is 2. The Balaban J connectivity index is 1.08. The summed E-state index contributed by atoms with van der Waals surface area (Å²) in [5.41, 5.74) is 4.16. The second-order valence-electron chi connectivity index (χ2n) is 10.5. The van der Waals surface area contributed by atoms with Crippen molar-refractivity contribution in [3.8, 4) is 0 Å². The molecule has 39 heavy (non-hydrogen) atoms. The van der Waals surface area contributed by atoms with E-state index in [9.17, 15) is 14.4 Å². The predicted octanol–water partition coefficient (Wildman–Crippen LogP) is 4.10. The van der Waals surface area contributed by atoms with Gasteiger partial charge in [-0.2, -0.15) is 0 Å². The summed E-state index contributed by atoms with van der Waals surface area (Å²) in [5.74, 6) is -0.580. The number of carbonyl (C=O) groups is 3. The van der Waals surface area contributed by atoms with Gasteiger partial charge in [0, 0.05) is 42.5 Å². The van der Waals surface area contributed by atoms with Crippen LogP contribution in [-0.4, -0.2) is 51.6 Å². The molecule has 2 N–H and O–H groups in total. The first-order valence-corrected chi connectivity index (χ1v) is 13.4. The van der Waals surface area contributed by atoms with Gasteiger partial charge in [-0.1, -0.05) is 30.3 Å². The van der Waals surface area contributed by atoms with Crippen molar-refractivity contribution in [3.05, 3.63) is 88.9 Å². The molecule has 2 saturated heterocycles. The van der Waals surface area contributed by atoms with Crippen LogP contribution >= 0.6 is 0 Å². The number of nitrogens with zero attached hydrogens (tertiary/aromatic N) is 3. The van der Waals surface area contributed by atoms with Gasteiger partial charge >= 0.3 is 0 Å².